The fourth-order valence-electron chi connectivity index (χ4n) is 1.15. The predicted octanol–water partition coefficient (Wildman–Crippen LogP) is 3.31. The summed E-state index contributed by atoms with van der Waals surface area (Å²) in [7, 11) is -0.637. The molecular formula is C12H18S. The van der Waals surface area contributed by atoms with Gasteiger partial charge in [0.1, 0.15) is 0 Å². The van der Waals surface area contributed by atoms with Crippen LogP contribution >= 0.6 is 10.0 Å². The molecule has 0 aromatic rings. The molecule has 0 saturated heterocycles. The second-order valence-corrected chi connectivity index (χ2v) is 7.93. The van der Waals surface area contributed by atoms with Gasteiger partial charge in [0.25, 0.3) is 0 Å². The lowest BCUT2D eigenvalue weighted by molar-refractivity contribution is 1.01. The third-order valence-electron chi connectivity index (χ3n) is 1.74. The number of rotatable bonds is 1. The minimum Gasteiger partial charge on any atom is -0.186 e. The Kier molecular flexibility index (Phi) is 3.69. The van der Waals surface area contributed by atoms with E-state index >= 15 is 0 Å². The van der Waals surface area contributed by atoms with Crippen LogP contribution in [0.4, 0.5) is 0 Å². The van der Waals surface area contributed by atoms with Crippen molar-refractivity contribution in [3.8, 4) is 11.2 Å². The molecule has 1 aliphatic rings. The van der Waals surface area contributed by atoms with Gasteiger partial charge >= 0.3 is 0 Å². The van der Waals surface area contributed by atoms with Gasteiger partial charge in [-0.2, -0.15) is 10.0 Å². The van der Waals surface area contributed by atoms with Crippen molar-refractivity contribution < 1.29 is 0 Å². The average Bonchev–Trinajstić information content (AvgIpc) is 2.04. The maximum absolute atomic E-state index is 3.33. The van der Waals surface area contributed by atoms with Crippen LogP contribution < -0.4 is 0 Å². The van der Waals surface area contributed by atoms with Gasteiger partial charge in [-0.05, 0) is 37.2 Å². The number of hydrogen-bond donors (Lipinski definition) is 0. The molecule has 0 amide bonds. The minimum absolute atomic E-state index is 0.637. The quantitative estimate of drug-likeness (QED) is 0.562. The minimum atomic E-state index is -0.637. The van der Waals surface area contributed by atoms with E-state index in [0.29, 0.717) is 0 Å². The fourth-order valence-corrected chi connectivity index (χ4v) is 1.66. The standard InChI is InChI=1S/C12H18S/c1-13(2,3)11-7-10-12-8-5-4-6-9-12/h5,8-9H,4,6,10H2,1-3H3. The third kappa shape index (κ3) is 4.85. The monoisotopic (exact) mass is 194 g/mol. The summed E-state index contributed by atoms with van der Waals surface area (Å²) in [5, 5.41) is 3.33. The highest BCUT2D eigenvalue weighted by Crippen LogP contribution is 2.32. The summed E-state index contributed by atoms with van der Waals surface area (Å²) >= 11 is 0. The Hall–Kier alpha value is -0.610. The highest BCUT2D eigenvalue weighted by molar-refractivity contribution is 8.35. The molecule has 13 heavy (non-hydrogen) atoms. The van der Waals surface area contributed by atoms with E-state index in [1.165, 1.54) is 18.4 Å². The van der Waals surface area contributed by atoms with Crippen LogP contribution in [0.5, 0.6) is 0 Å². The molecule has 0 radical (unpaired) electrons. The van der Waals surface area contributed by atoms with Gasteiger partial charge in [0, 0.05) is 6.42 Å². The normalized spacial score (nSPS) is 17.3. The molecule has 0 saturated carbocycles. The van der Waals surface area contributed by atoms with Gasteiger partial charge in [0.15, 0.2) is 0 Å². The second kappa shape index (κ2) is 4.58. The first-order valence-corrected chi connectivity index (χ1v) is 7.47. The Bertz CT molecular complexity index is 278. The Morgan fingerprint density at radius 2 is 2.08 bits per heavy atom. The molecule has 0 aromatic heterocycles. The zero-order chi connectivity index (χ0) is 9.73. The smallest absolute Gasteiger partial charge is 0.0345 e. The van der Waals surface area contributed by atoms with Gasteiger partial charge < -0.3 is 0 Å². The van der Waals surface area contributed by atoms with E-state index in [9.17, 15) is 0 Å². The zero-order valence-corrected chi connectivity index (χ0v) is 9.58. The Balaban J connectivity index is 2.45. The summed E-state index contributed by atoms with van der Waals surface area (Å²) in [6.07, 6.45) is 16.7. The molecule has 0 bridgehead atoms. The molecule has 0 spiro atoms. The molecule has 0 atom stereocenters. The molecule has 0 nitrogen and oxygen atoms in total. The summed E-state index contributed by atoms with van der Waals surface area (Å²) in [5.74, 6) is 3.26. The number of allylic oxidation sites excluding steroid dienone is 4. The Morgan fingerprint density at radius 3 is 2.62 bits per heavy atom. The first-order valence-electron chi connectivity index (χ1n) is 4.61. The van der Waals surface area contributed by atoms with E-state index < -0.39 is 10.0 Å². The largest absolute Gasteiger partial charge is 0.186 e. The summed E-state index contributed by atoms with van der Waals surface area (Å²) < 4.78 is 0. The molecule has 0 N–H and O–H groups in total. The summed E-state index contributed by atoms with van der Waals surface area (Å²) in [6.45, 7) is 0. The third-order valence-corrected chi connectivity index (χ3v) is 2.50. The fraction of sp³-hybridized carbons (Fsp3) is 0.500. The van der Waals surface area contributed by atoms with Crippen LogP contribution in [0, 0.1) is 11.2 Å². The first kappa shape index (κ1) is 10.5. The van der Waals surface area contributed by atoms with Gasteiger partial charge in [0.2, 0.25) is 0 Å². The second-order valence-electron chi connectivity index (χ2n) is 4.05. The lowest BCUT2D eigenvalue weighted by Gasteiger charge is -2.15. The van der Waals surface area contributed by atoms with E-state index in [4.69, 9.17) is 0 Å². The molecule has 1 aliphatic carbocycles. The molecular weight excluding hydrogens is 176 g/mol. The van der Waals surface area contributed by atoms with Gasteiger partial charge in [-0.25, -0.2) is 0 Å². The van der Waals surface area contributed by atoms with Crippen molar-refractivity contribution in [1.82, 2.24) is 0 Å². The first-order chi connectivity index (χ1) is 6.08. The van der Waals surface area contributed by atoms with Crippen LogP contribution in [-0.2, 0) is 0 Å². The van der Waals surface area contributed by atoms with Crippen molar-refractivity contribution in [2.75, 3.05) is 18.8 Å². The lowest BCUT2D eigenvalue weighted by atomic mass is 10.1. The SMILES string of the molecule is CS(C)(C)C#CCC1=CCCC=C1. The maximum atomic E-state index is 3.33. The van der Waals surface area contributed by atoms with Crippen molar-refractivity contribution in [1.29, 1.82) is 0 Å². The van der Waals surface area contributed by atoms with Gasteiger partial charge in [-0.3, -0.25) is 0 Å². The summed E-state index contributed by atoms with van der Waals surface area (Å²) in [4.78, 5) is 0. The van der Waals surface area contributed by atoms with Crippen molar-refractivity contribution >= 4 is 10.0 Å². The van der Waals surface area contributed by atoms with E-state index in [0.717, 1.165) is 6.42 Å². The zero-order valence-electron chi connectivity index (χ0n) is 8.76. The molecule has 0 heterocycles. The molecule has 0 unspecified atom stereocenters. The molecule has 0 aliphatic heterocycles. The predicted molar refractivity (Wildman–Crippen MR) is 64.2 cm³/mol. The maximum Gasteiger partial charge on any atom is 0.0345 e. The van der Waals surface area contributed by atoms with E-state index in [1.54, 1.807) is 0 Å². The summed E-state index contributed by atoms with van der Waals surface area (Å²) in [5.41, 5.74) is 1.39. The Morgan fingerprint density at radius 1 is 1.31 bits per heavy atom. The van der Waals surface area contributed by atoms with Crippen LogP contribution in [-0.4, -0.2) is 18.8 Å². The van der Waals surface area contributed by atoms with E-state index in [1.807, 2.05) is 0 Å². The highest BCUT2D eigenvalue weighted by atomic mass is 32.3. The van der Waals surface area contributed by atoms with Crippen LogP contribution in [0.2, 0.25) is 0 Å². The average molecular weight is 194 g/mol. The topological polar surface area (TPSA) is 0 Å². The molecule has 0 fully saturated rings. The molecule has 0 aromatic carbocycles. The van der Waals surface area contributed by atoms with Gasteiger partial charge in [-0.15, -0.1) is 0 Å². The van der Waals surface area contributed by atoms with Crippen molar-refractivity contribution in [3.63, 3.8) is 0 Å². The highest BCUT2D eigenvalue weighted by Gasteiger charge is 1.97. The number of hydrogen-bond acceptors (Lipinski definition) is 0. The van der Waals surface area contributed by atoms with Crippen molar-refractivity contribution in [3.05, 3.63) is 23.8 Å². The molecule has 1 heteroatoms. The van der Waals surface area contributed by atoms with Gasteiger partial charge in [-0.1, -0.05) is 29.4 Å². The van der Waals surface area contributed by atoms with Crippen LogP contribution in [0.25, 0.3) is 0 Å². The van der Waals surface area contributed by atoms with Crippen LogP contribution in [0.3, 0.4) is 0 Å². The van der Waals surface area contributed by atoms with Crippen LogP contribution in [0.1, 0.15) is 19.3 Å². The lowest BCUT2D eigenvalue weighted by Crippen LogP contribution is -1.86. The van der Waals surface area contributed by atoms with E-state index in [-0.39, 0.29) is 0 Å². The van der Waals surface area contributed by atoms with Crippen LogP contribution in [0.15, 0.2) is 23.8 Å². The van der Waals surface area contributed by atoms with Crippen molar-refractivity contribution in [2.45, 2.75) is 19.3 Å². The Labute approximate surface area is 83.4 Å². The van der Waals surface area contributed by atoms with Crippen molar-refractivity contribution in [2.24, 2.45) is 0 Å². The summed E-state index contributed by atoms with van der Waals surface area (Å²) in [6, 6.07) is 0. The molecule has 1 rings (SSSR count). The van der Waals surface area contributed by atoms with Gasteiger partial charge in [0.05, 0.1) is 0 Å². The van der Waals surface area contributed by atoms with E-state index in [2.05, 4.69) is 48.2 Å². The molecule has 72 valence electrons.